The second-order valence-corrected chi connectivity index (χ2v) is 2.61. The second kappa shape index (κ2) is 5.02. The number of alkyl halides is 1. The third-order valence-corrected chi connectivity index (χ3v) is 1.67. The SMILES string of the molecule is CC(=CCN(C)C(=O)O)CCl. The van der Waals surface area contributed by atoms with Crippen LogP contribution in [0.5, 0.6) is 0 Å². The van der Waals surface area contributed by atoms with E-state index in [1.807, 2.05) is 6.92 Å². The zero-order chi connectivity index (χ0) is 8.85. The minimum absolute atomic E-state index is 0.397. The van der Waals surface area contributed by atoms with Crippen LogP contribution in [0.4, 0.5) is 4.79 Å². The van der Waals surface area contributed by atoms with Gasteiger partial charge in [-0.3, -0.25) is 0 Å². The van der Waals surface area contributed by atoms with Crippen molar-refractivity contribution in [3.8, 4) is 0 Å². The molecule has 0 rings (SSSR count). The molecule has 1 amide bonds. The van der Waals surface area contributed by atoms with Crippen molar-refractivity contribution >= 4 is 17.7 Å². The van der Waals surface area contributed by atoms with Crippen molar-refractivity contribution in [3.05, 3.63) is 11.6 Å². The van der Waals surface area contributed by atoms with E-state index in [0.717, 1.165) is 5.57 Å². The Bertz CT molecular complexity index is 168. The first-order valence-corrected chi connectivity index (χ1v) is 3.77. The quantitative estimate of drug-likeness (QED) is 0.528. The Morgan fingerprint density at radius 2 is 2.27 bits per heavy atom. The van der Waals surface area contributed by atoms with Gasteiger partial charge in [0.05, 0.1) is 0 Å². The summed E-state index contributed by atoms with van der Waals surface area (Å²) in [6.07, 6.45) is 0.866. The number of rotatable bonds is 3. The highest BCUT2D eigenvalue weighted by molar-refractivity contribution is 6.19. The van der Waals surface area contributed by atoms with E-state index in [1.165, 1.54) is 11.9 Å². The second-order valence-electron chi connectivity index (χ2n) is 2.35. The number of hydrogen-bond acceptors (Lipinski definition) is 1. The highest BCUT2D eigenvalue weighted by atomic mass is 35.5. The molecule has 0 aliphatic carbocycles. The summed E-state index contributed by atoms with van der Waals surface area (Å²) in [5.74, 6) is 0.452. The predicted molar refractivity (Wildman–Crippen MR) is 45.1 cm³/mol. The Kier molecular flexibility index (Phi) is 4.70. The Morgan fingerprint density at radius 1 is 1.73 bits per heavy atom. The van der Waals surface area contributed by atoms with Crippen molar-refractivity contribution in [1.82, 2.24) is 4.90 Å². The van der Waals surface area contributed by atoms with Crippen LogP contribution in [0.1, 0.15) is 6.92 Å². The van der Waals surface area contributed by atoms with Gasteiger partial charge in [-0.05, 0) is 6.92 Å². The van der Waals surface area contributed by atoms with Crippen LogP contribution in [0.2, 0.25) is 0 Å². The fourth-order valence-corrected chi connectivity index (χ4v) is 0.535. The lowest BCUT2D eigenvalue weighted by molar-refractivity contribution is 0.160. The van der Waals surface area contributed by atoms with E-state index in [9.17, 15) is 4.79 Å². The molecule has 0 spiro atoms. The van der Waals surface area contributed by atoms with Gasteiger partial charge < -0.3 is 10.0 Å². The summed E-state index contributed by atoms with van der Waals surface area (Å²) >= 11 is 5.48. The van der Waals surface area contributed by atoms with Gasteiger partial charge in [-0.2, -0.15) is 0 Å². The predicted octanol–water partition coefficient (Wildman–Crippen LogP) is 1.78. The van der Waals surface area contributed by atoms with E-state index in [4.69, 9.17) is 16.7 Å². The first-order valence-electron chi connectivity index (χ1n) is 3.23. The molecule has 0 bridgehead atoms. The highest BCUT2D eigenvalue weighted by Crippen LogP contribution is 1.95. The molecule has 0 heterocycles. The van der Waals surface area contributed by atoms with Gasteiger partial charge in [-0.15, -0.1) is 11.6 Å². The molecule has 0 atom stereocenters. The maximum atomic E-state index is 10.3. The molecule has 0 saturated carbocycles. The molecule has 64 valence electrons. The van der Waals surface area contributed by atoms with Gasteiger partial charge in [0.2, 0.25) is 0 Å². The lowest BCUT2D eigenvalue weighted by atomic mass is 10.3. The summed E-state index contributed by atoms with van der Waals surface area (Å²) in [5, 5.41) is 8.43. The summed E-state index contributed by atoms with van der Waals surface area (Å²) in [5.41, 5.74) is 0.986. The van der Waals surface area contributed by atoms with Crippen molar-refractivity contribution in [1.29, 1.82) is 0 Å². The Morgan fingerprint density at radius 3 is 2.64 bits per heavy atom. The topological polar surface area (TPSA) is 40.5 Å². The molecule has 0 aromatic heterocycles. The van der Waals surface area contributed by atoms with Crippen LogP contribution >= 0.6 is 11.6 Å². The number of hydrogen-bond donors (Lipinski definition) is 1. The van der Waals surface area contributed by atoms with Crippen LogP contribution in [0.25, 0.3) is 0 Å². The lowest BCUT2D eigenvalue weighted by Crippen LogP contribution is -2.24. The monoisotopic (exact) mass is 177 g/mol. The Balaban J connectivity index is 3.78. The minimum Gasteiger partial charge on any atom is -0.465 e. The van der Waals surface area contributed by atoms with Gasteiger partial charge in [0.1, 0.15) is 0 Å². The molecular formula is C7H12ClNO2. The molecule has 0 radical (unpaired) electrons. The number of amides is 1. The molecule has 0 unspecified atom stereocenters. The first-order chi connectivity index (χ1) is 5.07. The zero-order valence-electron chi connectivity index (χ0n) is 6.67. The van der Waals surface area contributed by atoms with Crippen molar-refractivity contribution in [3.63, 3.8) is 0 Å². The summed E-state index contributed by atoms with van der Waals surface area (Å²) in [6, 6.07) is 0. The van der Waals surface area contributed by atoms with Crippen LogP contribution in [0.3, 0.4) is 0 Å². The molecule has 3 nitrogen and oxygen atoms in total. The largest absolute Gasteiger partial charge is 0.465 e. The summed E-state index contributed by atoms with van der Waals surface area (Å²) in [4.78, 5) is 11.5. The standard InChI is InChI=1S/C7H12ClNO2/c1-6(5-8)3-4-9(2)7(10)11/h3H,4-5H2,1-2H3,(H,10,11). The fraction of sp³-hybridized carbons (Fsp3) is 0.571. The number of nitrogens with zero attached hydrogens (tertiary/aromatic N) is 1. The van der Waals surface area contributed by atoms with E-state index >= 15 is 0 Å². The lowest BCUT2D eigenvalue weighted by Gasteiger charge is -2.09. The summed E-state index contributed by atoms with van der Waals surface area (Å²) in [7, 11) is 1.51. The van der Waals surface area contributed by atoms with Gasteiger partial charge in [0.15, 0.2) is 0 Å². The third kappa shape index (κ3) is 4.67. The number of carboxylic acid groups (broad SMARTS) is 1. The molecule has 0 aliphatic rings. The summed E-state index contributed by atoms with van der Waals surface area (Å²) < 4.78 is 0. The van der Waals surface area contributed by atoms with Crippen molar-refractivity contribution < 1.29 is 9.90 Å². The minimum atomic E-state index is -0.927. The van der Waals surface area contributed by atoms with E-state index in [1.54, 1.807) is 6.08 Å². The van der Waals surface area contributed by atoms with Crippen molar-refractivity contribution in [2.24, 2.45) is 0 Å². The van der Waals surface area contributed by atoms with Crippen LogP contribution in [0.15, 0.2) is 11.6 Å². The van der Waals surface area contributed by atoms with E-state index in [0.29, 0.717) is 12.4 Å². The number of carbonyl (C=O) groups is 1. The molecule has 1 N–H and O–H groups in total. The van der Waals surface area contributed by atoms with E-state index in [-0.39, 0.29) is 0 Å². The molecular weight excluding hydrogens is 166 g/mol. The van der Waals surface area contributed by atoms with Gasteiger partial charge in [-0.25, -0.2) is 4.79 Å². The molecule has 0 aromatic rings. The number of likely N-dealkylation sites (N-methyl/N-ethyl adjacent to an activating group) is 1. The van der Waals surface area contributed by atoms with Crippen LogP contribution in [0, 0.1) is 0 Å². The Hall–Kier alpha value is -0.700. The first kappa shape index (κ1) is 10.3. The molecule has 0 fully saturated rings. The van der Waals surface area contributed by atoms with Crippen LogP contribution in [-0.2, 0) is 0 Å². The van der Waals surface area contributed by atoms with Gasteiger partial charge in [0.25, 0.3) is 0 Å². The Labute approximate surface area is 71.3 Å². The zero-order valence-corrected chi connectivity index (χ0v) is 7.43. The maximum absolute atomic E-state index is 10.3. The smallest absolute Gasteiger partial charge is 0.407 e. The third-order valence-electron chi connectivity index (χ3n) is 1.25. The molecule has 4 heteroatoms. The van der Waals surface area contributed by atoms with Crippen molar-refractivity contribution in [2.45, 2.75) is 6.92 Å². The van der Waals surface area contributed by atoms with Gasteiger partial charge in [0, 0.05) is 19.5 Å². The molecule has 0 aromatic carbocycles. The van der Waals surface area contributed by atoms with Crippen LogP contribution in [-0.4, -0.2) is 35.6 Å². The number of allylic oxidation sites excluding steroid dienone is 1. The summed E-state index contributed by atoms with van der Waals surface area (Å²) in [6.45, 7) is 2.26. The average Bonchev–Trinajstić information content (AvgIpc) is 1.99. The van der Waals surface area contributed by atoms with E-state index in [2.05, 4.69) is 0 Å². The highest BCUT2D eigenvalue weighted by Gasteiger charge is 2.01. The average molecular weight is 178 g/mol. The van der Waals surface area contributed by atoms with E-state index < -0.39 is 6.09 Å². The molecule has 0 saturated heterocycles. The molecule has 0 aliphatic heterocycles. The maximum Gasteiger partial charge on any atom is 0.407 e. The van der Waals surface area contributed by atoms with Crippen LogP contribution < -0.4 is 0 Å². The van der Waals surface area contributed by atoms with Gasteiger partial charge >= 0.3 is 6.09 Å². The van der Waals surface area contributed by atoms with Crippen molar-refractivity contribution in [2.75, 3.05) is 19.5 Å². The van der Waals surface area contributed by atoms with Gasteiger partial charge in [-0.1, -0.05) is 11.6 Å². The number of halogens is 1. The fourth-order valence-electron chi connectivity index (χ4n) is 0.425. The normalized spacial score (nSPS) is 11.4. The molecule has 11 heavy (non-hydrogen) atoms.